The Hall–Kier alpha value is -4.87. The second-order valence-electron chi connectivity index (χ2n) is 9.28. The molecule has 1 amide bonds. The summed E-state index contributed by atoms with van der Waals surface area (Å²) < 4.78 is 4.57. The third-order valence-corrected chi connectivity index (χ3v) is 6.92. The van der Waals surface area contributed by atoms with Gasteiger partial charge < -0.3 is 9.88 Å². The van der Waals surface area contributed by atoms with E-state index >= 15 is 0 Å². The minimum Gasteiger partial charge on any atom is -0.323 e. The second kappa shape index (κ2) is 11.0. The lowest BCUT2D eigenvalue weighted by atomic mass is 10.0. The van der Waals surface area contributed by atoms with Gasteiger partial charge in [-0.2, -0.15) is 0 Å². The van der Waals surface area contributed by atoms with Crippen molar-refractivity contribution in [2.75, 3.05) is 5.32 Å². The number of nitrogens with one attached hydrogen (secondary N) is 1. The number of benzene rings is 2. The molecular formula is C28H21Cl2N9O2. The molecule has 204 valence electrons. The van der Waals surface area contributed by atoms with Crippen LogP contribution in [0.3, 0.4) is 0 Å². The maximum absolute atomic E-state index is 13.7. The Morgan fingerprint density at radius 3 is 2.59 bits per heavy atom. The summed E-state index contributed by atoms with van der Waals surface area (Å²) in [4.78, 5) is 40.4. The van der Waals surface area contributed by atoms with Gasteiger partial charge in [0.25, 0.3) is 5.56 Å². The van der Waals surface area contributed by atoms with E-state index in [4.69, 9.17) is 23.2 Å². The van der Waals surface area contributed by atoms with Crippen LogP contribution in [0.5, 0.6) is 0 Å². The third-order valence-electron chi connectivity index (χ3n) is 6.51. The maximum atomic E-state index is 13.7. The number of aryl methyl sites for hydroxylation is 1. The summed E-state index contributed by atoms with van der Waals surface area (Å²) in [6, 6.07) is 16.7. The van der Waals surface area contributed by atoms with E-state index < -0.39 is 17.5 Å². The number of pyridine rings is 1. The summed E-state index contributed by atoms with van der Waals surface area (Å²) in [6.07, 6.45) is 6.36. The van der Waals surface area contributed by atoms with Gasteiger partial charge in [-0.3, -0.25) is 14.2 Å². The van der Waals surface area contributed by atoms with Crippen molar-refractivity contribution in [3.05, 3.63) is 112 Å². The molecule has 41 heavy (non-hydrogen) atoms. The van der Waals surface area contributed by atoms with Gasteiger partial charge in [0.1, 0.15) is 11.6 Å². The Labute approximate surface area is 243 Å². The molecule has 0 fully saturated rings. The molecule has 0 bridgehead atoms. The lowest BCUT2D eigenvalue weighted by Crippen LogP contribution is -2.34. The number of anilines is 1. The molecule has 6 rings (SSSR count). The normalized spacial score (nSPS) is 12.0. The van der Waals surface area contributed by atoms with Crippen LogP contribution in [0.1, 0.15) is 11.6 Å². The predicted octanol–water partition coefficient (Wildman–Crippen LogP) is 4.50. The van der Waals surface area contributed by atoms with Gasteiger partial charge in [0.15, 0.2) is 10.8 Å². The summed E-state index contributed by atoms with van der Waals surface area (Å²) in [7, 11) is 1.84. The fraction of sp³-hybridized carbons (Fsp3) is 0.107. The molecule has 0 radical (unpaired) electrons. The highest BCUT2D eigenvalue weighted by Crippen LogP contribution is 2.28. The summed E-state index contributed by atoms with van der Waals surface area (Å²) in [5.74, 6) is -0.400. The van der Waals surface area contributed by atoms with Gasteiger partial charge in [-0.1, -0.05) is 58.7 Å². The van der Waals surface area contributed by atoms with Gasteiger partial charge >= 0.3 is 0 Å². The van der Waals surface area contributed by atoms with Crippen LogP contribution in [-0.4, -0.2) is 45.0 Å². The Balaban J connectivity index is 1.37. The van der Waals surface area contributed by atoms with Gasteiger partial charge in [-0.05, 0) is 29.8 Å². The molecule has 13 heteroatoms. The van der Waals surface area contributed by atoms with E-state index in [-0.39, 0.29) is 11.6 Å². The quantitative estimate of drug-likeness (QED) is 0.292. The molecule has 11 nitrogen and oxygen atoms in total. The zero-order valence-corrected chi connectivity index (χ0v) is 23.0. The van der Waals surface area contributed by atoms with Crippen LogP contribution in [-0.2, 0) is 18.3 Å². The van der Waals surface area contributed by atoms with Crippen molar-refractivity contribution >= 4 is 46.0 Å². The zero-order chi connectivity index (χ0) is 28.5. The summed E-state index contributed by atoms with van der Waals surface area (Å²) >= 11 is 12.3. The third kappa shape index (κ3) is 5.45. The molecule has 1 atom stereocenters. The first kappa shape index (κ1) is 26.4. The average molecular weight is 586 g/mol. The first-order valence-electron chi connectivity index (χ1n) is 12.4. The van der Waals surface area contributed by atoms with E-state index in [1.54, 1.807) is 41.4 Å². The standard InChI is InChI=1S/C28H21Cl2N9O2/c1-37-15-32-22-11-19(13-31-27(22)37)34-28(41)24(9-17-5-3-2-4-6-17)38-16-33-21(12-26(38)40)20-10-18(29)7-8-23(20)39-14-25(30)35-36-39/h2-8,10-16,24H,9H2,1H3,(H,34,41)/t24-/m0/s1. The number of carbonyl (C=O) groups is 1. The number of nitrogens with zero attached hydrogens (tertiary/aromatic N) is 8. The van der Waals surface area contributed by atoms with E-state index in [1.807, 2.05) is 37.4 Å². The molecule has 0 aliphatic rings. The van der Waals surface area contributed by atoms with E-state index in [1.165, 1.54) is 27.8 Å². The number of hydrogen-bond acceptors (Lipinski definition) is 7. The summed E-state index contributed by atoms with van der Waals surface area (Å²) in [6.45, 7) is 0. The minimum absolute atomic E-state index is 0.210. The number of halogens is 2. The van der Waals surface area contributed by atoms with Gasteiger partial charge in [0.2, 0.25) is 5.91 Å². The van der Waals surface area contributed by atoms with E-state index in [0.29, 0.717) is 38.8 Å². The molecule has 0 unspecified atom stereocenters. The smallest absolute Gasteiger partial charge is 0.254 e. The average Bonchev–Trinajstić information content (AvgIpc) is 3.57. The molecule has 0 aliphatic carbocycles. The first-order chi connectivity index (χ1) is 19.9. The van der Waals surface area contributed by atoms with E-state index in [2.05, 4.69) is 30.6 Å². The Kier molecular flexibility index (Phi) is 7.04. The van der Waals surface area contributed by atoms with Crippen molar-refractivity contribution in [3.8, 4) is 16.9 Å². The highest BCUT2D eigenvalue weighted by molar-refractivity contribution is 6.31. The van der Waals surface area contributed by atoms with E-state index in [9.17, 15) is 9.59 Å². The minimum atomic E-state index is -0.904. The SMILES string of the molecule is Cn1cnc2cc(NC(=O)[C@H](Cc3ccccc3)n3cnc(-c4cc(Cl)ccc4-n4cc(Cl)nn4)cc3=O)cnc21. The Bertz CT molecular complexity index is 1950. The van der Waals surface area contributed by atoms with Crippen LogP contribution >= 0.6 is 23.2 Å². The Morgan fingerprint density at radius 2 is 1.83 bits per heavy atom. The lowest BCUT2D eigenvalue weighted by Gasteiger charge is -2.20. The van der Waals surface area contributed by atoms with Crippen molar-refractivity contribution in [3.63, 3.8) is 0 Å². The monoisotopic (exact) mass is 585 g/mol. The fourth-order valence-corrected chi connectivity index (χ4v) is 4.83. The van der Waals surface area contributed by atoms with Crippen molar-refractivity contribution in [1.82, 2.24) is 39.1 Å². The molecule has 0 aliphatic heterocycles. The number of carbonyl (C=O) groups excluding carboxylic acids is 1. The maximum Gasteiger partial charge on any atom is 0.254 e. The Morgan fingerprint density at radius 1 is 1.00 bits per heavy atom. The molecule has 6 aromatic rings. The molecule has 4 aromatic heterocycles. The van der Waals surface area contributed by atoms with Crippen LogP contribution in [0.2, 0.25) is 10.2 Å². The molecule has 0 saturated heterocycles. The molecule has 4 heterocycles. The van der Waals surface area contributed by atoms with Crippen LogP contribution in [0.4, 0.5) is 5.69 Å². The number of rotatable bonds is 7. The largest absolute Gasteiger partial charge is 0.323 e. The topological polar surface area (TPSA) is 125 Å². The highest BCUT2D eigenvalue weighted by Gasteiger charge is 2.24. The van der Waals surface area contributed by atoms with Crippen molar-refractivity contribution in [2.45, 2.75) is 12.5 Å². The molecule has 0 saturated carbocycles. The summed E-state index contributed by atoms with van der Waals surface area (Å²) in [5, 5.41) is 11.4. The number of hydrogen-bond donors (Lipinski definition) is 1. The zero-order valence-electron chi connectivity index (χ0n) is 21.5. The fourth-order valence-electron chi connectivity index (χ4n) is 4.53. The summed E-state index contributed by atoms with van der Waals surface area (Å²) in [5.41, 5.74) is 3.71. The molecule has 0 spiro atoms. The molecular weight excluding hydrogens is 565 g/mol. The van der Waals surface area contributed by atoms with Gasteiger partial charge in [-0.15, -0.1) is 5.10 Å². The number of amides is 1. The number of aromatic nitrogens is 8. The second-order valence-corrected chi connectivity index (χ2v) is 10.1. The first-order valence-corrected chi connectivity index (χ1v) is 13.2. The van der Waals surface area contributed by atoms with Gasteiger partial charge in [-0.25, -0.2) is 19.6 Å². The predicted molar refractivity (Wildman–Crippen MR) is 155 cm³/mol. The van der Waals surface area contributed by atoms with Crippen LogP contribution in [0, 0.1) is 0 Å². The van der Waals surface area contributed by atoms with Crippen molar-refractivity contribution in [1.29, 1.82) is 0 Å². The van der Waals surface area contributed by atoms with Crippen LogP contribution in [0.25, 0.3) is 28.1 Å². The van der Waals surface area contributed by atoms with Crippen molar-refractivity contribution < 1.29 is 4.79 Å². The van der Waals surface area contributed by atoms with Crippen molar-refractivity contribution in [2.24, 2.45) is 7.05 Å². The molecule has 1 N–H and O–H groups in total. The van der Waals surface area contributed by atoms with Gasteiger partial charge in [0, 0.05) is 30.1 Å². The van der Waals surface area contributed by atoms with Crippen LogP contribution in [0.15, 0.2) is 90.5 Å². The highest BCUT2D eigenvalue weighted by atomic mass is 35.5. The molecule has 2 aromatic carbocycles. The van der Waals surface area contributed by atoms with E-state index in [0.717, 1.165) is 5.56 Å². The number of imidazole rings is 1. The lowest BCUT2D eigenvalue weighted by molar-refractivity contribution is -0.119. The van der Waals surface area contributed by atoms with Gasteiger partial charge in [0.05, 0.1) is 42.1 Å². The number of fused-ring (bicyclic) bond motifs is 1. The van der Waals surface area contributed by atoms with Crippen LogP contribution < -0.4 is 10.9 Å².